The molecule has 0 spiro atoms. The summed E-state index contributed by atoms with van der Waals surface area (Å²) in [5.74, 6) is 0.908. The molecule has 0 radical (unpaired) electrons. The number of nitrogens with one attached hydrogen (secondary N) is 3. The van der Waals surface area contributed by atoms with E-state index in [1.165, 1.54) is 7.11 Å². The maximum absolute atomic E-state index is 12.5. The third-order valence-electron chi connectivity index (χ3n) is 4.43. The van der Waals surface area contributed by atoms with Gasteiger partial charge in [0.1, 0.15) is 12.3 Å². The van der Waals surface area contributed by atoms with Gasteiger partial charge in [0.2, 0.25) is 0 Å². The van der Waals surface area contributed by atoms with Gasteiger partial charge >= 0.3 is 0 Å². The fraction of sp³-hybridized carbons (Fsp3) is 0.250. The van der Waals surface area contributed by atoms with Gasteiger partial charge in [0.15, 0.2) is 12.4 Å². The van der Waals surface area contributed by atoms with E-state index in [1.807, 2.05) is 13.0 Å². The van der Waals surface area contributed by atoms with Crippen molar-refractivity contribution in [2.45, 2.75) is 13.5 Å². The summed E-state index contributed by atoms with van der Waals surface area (Å²) in [4.78, 5) is 33.0. The number of benzene rings is 2. The van der Waals surface area contributed by atoms with E-state index < -0.39 is 0 Å². The van der Waals surface area contributed by atoms with Crippen LogP contribution < -0.4 is 20.5 Å². The number of aromatic amines is 1. The van der Waals surface area contributed by atoms with E-state index in [0.717, 1.165) is 4.90 Å². The van der Waals surface area contributed by atoms with Crippen molar-refractivity contribution >= 4 is 34.1 Å². The molecule has 1 amide bonds. The Balaban J connectivity index is 1.72. The normalized spacial score (nSPS) is 12.0. The fourth-order valence-electron chi connectivity index (χ4n) is 2.97. The average Bonchev–Trinajstić information content (AvgIpc) is 2.67. The van der Waals surface area contributed by atoms with Crippen molar-refractivity contribution in [3.05, 3.63) is 63.7 Å². The molecule has 1 aromatic heterocycles. The van der Waals surface area contributed by atoms with Crippen LogP contribution in [0.3, 0.4) is 0 Å². The molecule has 3 aromatic rings. The van der Waals surface area contributed by atoms with E-state index in [-0.39, 0.29) is 18.0 Å². The van der Waals surface area contributed by atoms with Crippen LogP contribution >= 0.6 is 11.6 Å². The van der Waals surface area contributed by atoms with Crippen LogP contribution in [0, 0.1) is 0 Å². The Kier molecular flexibility index (Phi) is 6.28. The van der Waals surface area contributed by atoms with E-state index in [1.54, 1.807) is 36.4 Å². The van der Waals surface area contributed by atoms with Crippen LogP contribution in [-0.4, -0.2) is 36.1 Å². The van der Waals surface area contributed by atoms with Gasteiger partial charge < -0.3 is 19.9 Å². The van der Waals surface area contributed by atoms with Gasteiger partial charge in [-0.25, -0.2) is 4.98 Å². The summed E-state index contributed by atoms with van der Waals surface area (Å²) in [5, 5.41) is 3.89. The lowest BCUT2D eigenvalue weighted by Gasteiger charge is -2.17. The van der Waals surface area contributed by atoms with E-state index in [4.69, 9.17) is 16.3 Å². The number of anilines is 1. The first kappa shape index (κ1) is 19.9. The molecule has 28 heavy (non-hydrogen) atoms. The lowest BCUT2D eigenvalue weighted by Crippen LogP contribution is -3.11. The molecular weight excluding hydrogens is 380 g/mol. The minimum atomic E-state index is -0.180. The highest BCUT2D eigenvalue weighted by Gasteiger charge is 2.17. The number of ether oxygens (including phenoxy) is 1. The number of H-pyrrole nitrogens is 1. The molecule has 0 saturated heterocycles. The summed E-state index contributed by atoms with van der Waals surface area (Å²) in [6.07, 6.45) is 0. The lowest BCUT2D eigenvalue weighted by molar-refractivity contribution is -0.904. The first-order valence-electron chi connectivity index (χ1n) is 8.95. The number of carbonyl (C=O) groups excluding carboxylic acids is 1. The summed E-state index contributed by atoms with van der Waals surface area (Å²) < 4.78 is 5.25. The predicted molar refractivity (Wildman–Crippen MR) is 109 cm³/mol. The van der Waals surface area contributed by atoms with E-state index in [0.29, 0.717) is 46.3 Å². The third kappa shape index (κ3) is 4.68. The quantitative estimate of drug-likeness (QED) is 0.561. The van der Waals surface area contributed by atoms with E-state index in [9.17, 15) is 9.59 Å². The molecule has 1 unspecified atom stereocenters. The van der Waals surface area contributed by atoms with Crippen LogP contribution in [0.4, 0.5) is 5.69 Å². The van der Waals surface area contributed by atoms with Crippen LogP contribution in [0.1, 0.15) is 12.7 Å². The van der Waals surface area contributed by atoms with Crippen LogP contribution in [0.5, 0.6) is 5.75 Å². The average molecular weight is 402 g/mol. The largest absolute Gasteiger partial charge is 0.495 e. The fourth-order valence-corrected chi connectivity index (χ4v) is 3.14. The highest BCUT2D eigenvalue weighted by molar-refractivity contribution is 6.31. The van der Waals surface area contributed by atoms with Crippen molar-refractivity contribution in [3.63, 3.8) is 0 Å². The SMILES string of the molecule is CC[NH+](CC(=O)Nc1cc(Cl)ccc1OC)Cc1nc2ccccc2c(=O)[nH]1. The first-order chi connectivity index (χ1) is 13.5. The number of amides is 1. The van der Waals surface area contributed by atoms with Gasteiger partial charge in [-0.15, -0.1) is 0 Å². The maximum Gasteiger partial charge on any atom is 0.279 e. The molecule has 146 valence electrons. The van der Waals surface area contributed by atoms with Gasteiger partial charge in [-0.05, 0) is 37.3 Å². The number of fused-ring (bicyclic) bond motifs is 1. The summed E-state index contributed by atoms with van der Waals surface area (Å²) in [6, 6.07) is 12.2. The number of methoxy groups -OCH3 is 1. The Bertz CT molecular complexity index is 1050. The number of carbonyl (C=O) groups is 1. The van der Waals surface area contributed by atoms with Crippen molar-refractivity contribution in [2.24, 2.45) is 0 Å². The second-order valence-corrected chi connectivity index (χ2v) is 6.82. The maximum atomic E-state index is 12.5. The lowest BCUT2D eigenvalue weighted by atomic mass is 10.2. The van der Waals surface area contributed by atoms with Crippen molar-refractivity contribution in [3.8, 4) is 5.75 Å². The minimum absolute atomic E-state index is 0.177. The van der Waals surface area contributed by atoms with Crippen molar-refractivity contribution < 1.29 is 14.4 Å². The van der Waals surface area contributed by atoms with Crippen molar-refractivity contribution in [2.75, 3.05) is 25.5 Å². The van der Waals surface area contributed by atoms with Gasteiger partial charge in [-0.2, -0.15) is 0 Å². The number of nitrogens with zero attached hydrogens (tertiary/aromatic N) is 1. The van der Waals surface area contributed by atoms with Gasteiger partial charge in [0, 0.05) is 5.02 Å². The molecule has 3 N–H and O–H groups in total. The smallest absolute Gasteiger partial charge is 0.279 e. The second kappa shape index (κ2) is 8.86. The van der Waals surface area contributed by atoms with Crippen LogP contribution in [0.15, 0.2) is 47.3 Å². The number of hydrogen-bond donors (Lipinski definition) is 3. The number of hydrogen-bond acceptors (Lipinski definition) is 4. The molecule has 1 heterocycles. The third-order valence-corrected chi connectivity index (χ3v) is 4.66. The summed E-state index contributed by atoms with van der Waals surface area (Å²) in [6.45, 7) is 3.30. The van der Waals surface area contributed by atoms with Gasteiger partial charge in [-0.1, -0.05) is 23.7 Å². The number of aromatic nitrogens is 2. The molecule has 0 bridgehead atoms. The summed E-state index contributed by atoms with van der Waals surface area (Å²) >= 11 is 6.01. The molecule has 0 aliphatic heterocycles. The number of rotatable bonds is 7. The Morgan fingerprint density at radius 1 is 1.29 bits per heavy atom. The van der Waals surface area contributed by atoms with Crippen molar-refractivity contribution in [1.82, 2.24) is 9.97 Å². The molecule has 3 rings (SSSR count). The number of likely N-dealkylation sites (N-methyl/N-ethyl adjacent to an activating group) is 1. The van der Waals surface area contributed by atoms with Gasteiger partial charge in [-0.3, -0.25) is 9.59 Å². The van der Waals surface area contributed by atoms with E-state index >= 15 is 0 Å². The highest BCUT2D eigenvalue weighted by atomic mass is 35.5. The number of halogens is 1. The zero-order valence-corrected chi connectivity index (χ0v) is 16.5. The molecule has 0 saturated carbocycles. The standard InChI is InChI=1S/C20H21ClN4O3/c1-3-25(11-18-22-15-7-5-4-6-14(15)20(27)24-18)12-19(26)23-16-10-13(21)8-9-17(16)28-2/h4-10H,3,11-12H2,1-2H3,(H,23,26)(H,22,24,27)/p+1. The van der Waals surface area contributed by atoms with Gasteiger partial charge in [0.25, 0.3) is 11.5 Å². The molecule has 0 aliphatic rings. The number of quaternary nitrogens is 1. The zero-order valence-electron chi connectivity index (χ0n) is 15.7. The summed E-state index contributed by atoms with van der Waals surface area (Å²) in [5.41, 5.74) is 0.988. The molecule has 8 heteroatoms. The first-order valence-corrected chi connectivity index (χ1v) is 9.33. The zero-order chi connectivity index (χ0) is 20.1. The van der Waals surface area contributed by atoms with Crippen molar-refractivity contribution in [1.29, 1.82) is 0 Å². The van der Waals surface area contributed by atoms with Crippen LogP contribution in [-0.2, 0) is 11.3 Å². The molecular formula is C20H22ClN4O3+. The van der Waals surface area contributed by atoms with Gasteiger partial charge in [0.05, 0.1) is 30.2 Å². The second-order valence-electron chi connectivity index (χ2n) is 6.38. The van der Waals surface area contributed by atoms with E-state index in [2.05, 4.69) is 15.3 Å². The predicted octanol–water partition coefficient (Wildman–Crippen LogP) is 1.63. The molecule has 2 aromatic carbocycles. The Morgan fingerprint density at radius 3 is 2.82 bits per heavy atom. The monoisotopic (exact) mass is 401 g/mol. The highest BCUT2D eigenvalue weighted by Crippen LogP contribution is 2.27. The Labute approximate surface area is 167 Å². The van der Waals surface area contributed by atoms with Crippen LogP contribution in [0.25, 0.3) is 10.9 Å². The Morgan fingerprint density at radius 2 is 2.07 bits per heavy atom. The Hall–Kier alpha value is -2.90. The minimum Gasteiger partial charge on any atom is -0.495 e. The number of para-hydroxylation sites is 1. The summed E-state index contributed by atoms with van der Waals surface area (Å²) in [7, 11) is 1.53. The molecule has 0 aliphatic carbocycles. The topological polar surface area (TPSA) is 88.5 Å². The van der Waals surface area contributed by atoms with Crippen LogP contribution in [0.2, 0.25) is 5.02 Å². The molecule has 7 nitrogen and oxygen atoms in total. The molecule has 1 atom stereocenters. The molecule has 0 fully saturated rings.